The highest BCUT2D eigenvalue weighted by atomic mass is 35.5. The van der Waals surface area contributed by atoms with Crippen LogP contribution in [0.2, 0.25) is 5.02 Å². The second kappa shape index (κ2) is 6.54. The molecule has 1 aliphatic heterocycles. The third-order valence-corrected chi connectivity index (χ3v) is 4.49. The van der Waals surface area contributed by atoms with E-state index in [-0.39, 0.29) is 12.5 Å². The highest BCUT2D eigenvalue weighted by Gasteiger charge is 2.20. The van der Waals surface area contributed by atoms with Crippen molar-refractivity contribution in [1.82, 2.24) is 10.3 Å². The summed E-state index contributed by atoms with van der Waals surface area (Å²) in [7, 11) is 0. The summed E-state index contributed by atoms with van der Waals surface area (Å²) < 4.78 is 5.58. The van der Waals surface area contributed by atoms with Gasteiger partial charge < -0.3 is 15.0 Å². The van der Waals surface area contributed by atoms with E-state index >= 15 is 0 Å². The third kappa shape index (κ3) is 3.51. The summed E-state index contributed by atoms with van der Waals surface area (Å²) in [5.74, 6) is 0.736. The van der Waals surface area contributed by atoms with Gasteiger partial charge in [-0.05, 0) is 25.1 Å². The quantitative estimate of drug-likeness (QED) is 0.931. The normalized spacial score (nSPS) is 13.5. The molecule has 5 nitrogen and oxygen atoms in total. The Hall–Kier alpha value is -1.79. The van der Waals surface area contributed by atoms with Crippen LogP contribution in [0.15, 0.2) is 24.4 Å². The maximum Gasteiger partial charge on any atom is 0.239 e. The zero-order chi connectivity index (χ0) is 15.5. The van der Waals surface area contributed by atoms with Crippen molar-refractivity contribution in [2.75, 3.05) is 24.6 Å². The minimum atomic E-state index is -0.0288. The Balaban J connectivity index is 1.61. The Morgan fingerprint density at radius 2 is 2.41 bits per heavy atom. The highest BCUT2D eigenvalue weighted by molar-refractivity contribution is 7.11. The fourth-order valence-electron chi connectivity index (χ4n) is 2.31. The van der Waals surface area contributed by atoms with Crippen LogP contribution in [-0.2, 0) is 11.3 Å². The Morgan fingerprint density at radius 3 is 3.18 bits per heavy atom. The predicted octanol–water partition coefficient (Wildman–Crippen LogP) is 2.62. The van der Waals surface area contributed by atoms with Crippen molar-refractivity contribution < 1.29 is 9.53 Å². The van der Waals surface area contributed by atoms with E-state index < -0.39 is 0 Å². The lowest BCUT2D eigenvalue weighted by atomic mass is 10.2. The zero-order valence-corrected chi connectivity index (χ0v) is 13.7. The average Bonchev–Trinajstić information content (AvgIpc) is 2.91. The molecular weight excluding hydrogens is 322 g/mol. The van der Waals surface area contributed by atoms with E-state index in [4.69, 9.17) is 16.3 Å². The maximum absolute atomic E-state index is 12.1. The van der Waals surface area contributed by atoms with Crippen molar-refractivity contribution in [3.05, 3.63) is 39.3 Å². The number of benzene rings is 1. The molecule has 0 saturated heterocycles. The fourth-order valence-corrected chi connectivity index (χ4v) is 3.21. The molecule has 3 rings (SSSR count). The van der Waals surface area contributed by atoms with Crippen molar-refractivity contribution >= 4 is 34.5 Å². The minimum absolute atomic E-state index is 0.0288. The lowest BCUT2D eigenvalue weighted by Crippen LogP contribution is -2.41. The van der Waals surface area contributed by atoms with Crippen LogP contribution < -0.4 is 15.0 Å². The summed E-state index contributed by atoms with van der Waals surface area (Å²) in [5.41, 5.74) is 0.863. The first-order valence-electron chi connectivity index (χ1n) is 6.97. The lowest BCUT2D eigenvalue weighted by molar-refractivity contribution is -0.119. The van der Waals surface area contributed by atoms with Gasteiger partial charge in [0.05, 0.1) is 30.3 Å². The molecule has 0 aliphatic carbocycles. The van der Waals surface area contributed by atoms with Crippen LogP contribution in [0.4, 0.5) is 5.69 Å². The first-order valence-corrected chi connectivity index (χ1v) is 8.16. The van der Waals surface area contributed by atoms with Crippen LogP contribution in [0.1, 0.15) is 9.88 Å². The molecule has 0 fully saturated rings. The van der Waals surface area contributed by atoms with Crippen LogP contribution in [0.25, 0.3) is 0 Å². The van der Waals surface area contributed by atoms with Crippen molar-refractivity contribution in [3.63, 3.8) is 0 Å². The van der Waals surface area contributed by atoms with Crippen molar-refractivity contribution in [3.8, 4) is 5.75 Å². The standard InChI is InChI=1S/C15H16ClN3O2S/c1-10-17-7-12(22-10)8-18-15(20)9-19-4-5-21-14-3-2-11(16)6-13(14)19/h2-3,6-7H,4-5,8-9H2,1H3,(H,18,20). The number of halogens is 1. The van der Waals surface area contributed by atoms with Gasteiger partial charge >= 0.3 is 0 Å². The molecule has 2 aromatic rings. The van der Waals surface area contributed by atoms with Gasteiger partial charge in [0, 0.05) is 16.1 Å². The summed E-state index contributed by atoms with van der Waals surface area (Å²) in [6.07, 6.45) is 1.80. The Labute approximate surface area is 137 Å². The first-order chi connectivity index (χ1) is 10.6. The average molecular weight is 338 g/mol. The molecule has 1 N–H and O–H groups in total. The molecule has 0 bridgehead atoms. The summed E-state index contributed by atoms with van der Waals surface area (Å²) >= 11 is 7.62. The number of fused-ring (bicyclic) bond motifs is 1. The molecule has 22 heavy (non-hydrogen) atoms. The van der Waals surface area contributed by atoms with Gasteiger partial charge in [-0.1, -0.05) is 11.6 Å². The minimum Gasteiger partial charge on any atom is -0.490 e. The maximum atomic E-state index is 12.1. The van der Waals surface area contributed by atoms with Gasteiger partial charge in [-0.2, -0.15) is 0 Å². The van der Waals surface area contributed by atoms with Gasteiger partial charge in [0.1, 0.15) is 12.4 Å². The van der Waals surface area contributed by atoms with Crippen LogP contribution >= 0.6 is 22.9 Å². The summed E-state index contributed by atoms with van der Waals surface area (Å²) in [4.78, 5) is 19.4. The van der Waals surface area contributed by atoms with Gasteiger partial charge in [0.2, 0.25) is 5.91 Å². The first kappa shape index (κ1) is 15.1. The molecule has 0 radical (unpaired) electrons. The van der Waals surface area contributed by atoms with E-state index in [9.17, 15) is 4.79 Å². The van der Waals surface area contributed by atoms with Crippen LogP contribution in [-0.4, -0.2) is 30.6 Å². The molecule has 116 valence electrons. The monoisotopic (exact) mass is 337 g/mol. The molecule has 0 unspecified atom stereocenters. The highest BCUT2D eigenvalue weighted by Crippen LogP contribution is 2.33. The van der Waals surface area contributed by atoms with Crippen molar-refractivity contribution in [1.29, 1.82) is 0 Å². The number of carbonyl (C=O) groups excluding carboxylic acids is 1. The number of aromatic nitrogens is 1. The lowest BCUT2D eigenvalue weighted by Gasteiger charge is -2.30. The number of carbonyl (C=O) groups is 1. The zero-order valence-electron chi connectivity index (χ0n) is 12.1. The molecule has 1 aromatic heterocycles. The number of thiazole rings is 1. The number of amides is 1. The van der Waals surface area contributed by atoms with Gasteiger partial charge in [0.15, 0.2) is 0 Å². The molecule has 7 heteroatoms. The van der Waals surface area contributed by atoms with Gasteiger partial charge in [0.25, 0.3) is 0 Å². The second-order valence-electron chi connectivity index (χ2n) is 5.00. The molecule has 1 aliphatic rings. The number of anilines is 1. The molecule has 1 amide bonds. The van der Waals surface area contributed by atoms with Crippen molar-refractivity contribution in [2.24, 2.45) is 0 Å². The second-order valence-corrected chi connectivity index (χ2v) is 6.76. The van der Waals surface area contributed by atoms with E-state index in [1.54, 1.807) is 23.6 Å². The molecule has 0 saturated carbocycles. The molecule has 0 spiro atoms. The Morgan fingerprint density at radius 1 is 1.55 bits per heavy atom. The fraction of sp³-hybridized carbons (Fsp3) is 0.333. The Kier molecular flexibility index (Phi) is 4.49. The van der Waals surface area contributed by atoms with Gasteiger partial charge in [-0.25, -0.2) is 4.98 Å². The smallest absolute Gasteiger partial charge is 0.239 e. The van der Waals surface area contributed by atoms with Gasteiger partial charge in [-0.15, -0.1) is 11.3 Å². The summed E-state index contributed by atoms with van der Waals surface area (Å²) in [6.45, 7) is 3.98. The summed E-state index contributed by atoms with van der Waals surface area (Å²) in [6, 6.07) is 5.45. The largest absolute Gasteiger partial charge is 0.490 e. The van der Waals surface area contributed by atoms with Crippen molar-refractivity contribution in [2.45, 2.75) is 13.5 Å². The van der Waals surface area contributed by atoms with E-state index in [0.29, 0.717) is 24.7 Å². The predicted molar refractivity (Wildman–Crippen MR) is 87.9 cm³/mol. The number of rotatable bonds is 4. The van der Waals surface area contributed by atoms with Gasteiger partial charge in [-0.3, -0.25) is 4.79 Å². The number of nitrogens with one attached hydrogen (secondary N) is 1. The molecule has 2 heterocycles. The van der Waals surface area contributed by atoms with E-state index in [1.165, 1.54) is 0 Å². The molecular formula is C15H16ClN3O2S. The van der Waals surface area contributed by atoms with E-state index in [0.717, 1.165) is 21.3 Å². The van der Waals surface area contributed by atoms with Crippen LogP contribution in [0.3, 0.4) is 0 Å². The van der Waals surface area contributed by atoms with Crippen LogP contribution in [0, 0.1) is 6.92 Å². The van der Waals surface area contributed by atoms with E-state index in [2.05, 4.69) is 10.3 Å². The molecule has 1 aromatic carbocycles. The third-order valence-electron chi connectivity index (χ3n) is 3.34. The number of aryl methyl sites for hydroxylation is 1. The number of hydrogen-bond acceptors (Lipinski definition) is 5. The SMILES string of the molecule is Cc1ncc(CNC(=O)CN2CCOc3ccc(Cl)cc32)s1. The number of hydrogen-bond donors (Lipinski definition) is 1. The van der Waals surface area contributed by atoms with E-state index in [1.807, 2.05) is 24.0 Å². The Bertz CT molecular complexity index is 689. The number of nitrogens with zero attached hydrogens (tertiary/aromatic N) is 2. The topological polar surface area (TPSA) is 54.5 Å². The van der Waals surface area contributed by atoms with Crippen LogP contribution in [0.5, 0.6) is 5.75 Å². The molecule has 0 atom stereocenters. The summed E-state index contributed by atoms with van der Waals surface area (Å²) in [5, 5.41) is 4.56. The number of ether oxygens (including phenoxy) is 1.